The summed E-state index contributed by atoms with van der Waals surface area (Å²) in [6.45, 7) is 2.03. The first kappa shape index (κ1) is 16.7. The molecule has 118 valence electrons. The maximum Gasteiger partial charge on any atom is 0.134 e. The van der Waals surface area contributed by atoms with Crippen molar-refractivity contribution in [1.82, 2.24) is 4.98 Å². The van der Waals surface area contributed by atoms with E-state index < -0.39 is 0 Å². The minimum atomic E-state index is 0.486. The molecule has 0 aliphatic rings. The molecule has 0 bridgehead atoms. The zero-order valence-corrected chi connectivity index (χ0v) is 15.1. The van der Waals surface area contributed by atoms with E-state index >= 15 is 0 Å². The molecule has 0 saturated heterocycles. The van der Waals surface area contributed by atoms with Crippen molar-refractivity contribution in [2.75, 3.05) is 0 Å². The molecule has 0 fully saturated rings. The van der Waals surface area contributed by atoms with Crippen LogP contribution in [0, 0.1) is 18.3 Å². The standard InChI is InChI=1S/C19H12Cl2N2S/c1-12-2-4-13(5-3-12)8-15(10-22)19-23-18(11-24-19)14-6-7-16(20)17(21)9-14/h2-9,11H,1H3/b15-8+. The lowest BCUT2D eigenvalue weighted by molar-refractivity contribution is 1.37. The molecule has 0 atom stereocenters. The quantitative estimate of drug-likeness (QED) is 0.494. The van der Waals surface area contributed by atoms with Crippen molar-refractivity contribution in [2.45, 2.75) is 6.92 Å². The number of hydrogen-bond donors (Lipinski definition) is 0. The minimum Gasteiger partial charge on any atom is -0.235 e. The summed E-state index contributed by atoms with van der Waals surface area (Å²) in [5.74, 6) is 0. The van der Waals surface area contributed by atoms with Gasteiger partial charge in [0.2, 0.25) is 0 Å². The number of halogens is 2. The van der Waals surface area contributed by atoms with Gasteiger partial charge in [0.15, 0.2) is 0 Å². The Bertz CT molecular complexity index is 950. The number of aromatic nitrogens is 1. The zero-order valence-electron chi connectivity index (χ0n) is 12.8. The molecule has 0 radical (unpaired) electrons. The molecule has 2 aromatic carbocycles. The summed E-state index contributed by atoms with van der Waals surface area (Å²) in [5, 5.41) is 13.1. The van der Waals surface area contributed by atoms with E-state index in [-0.39, 0.29) is 0 Å². The van der Waals surface area contributed by atoms with Crippen molar-refractivity contribution in [3.8, 4) is 17.3 Å². The van der Waals surface area contributed by atoms with Gasteiger partial charge in [0, 0.05) is 10.9 Å². The highest BCUT2D eigenvalue weighted by atomic mass is 35.5. The Kier molecular flexibility index (Phi) is 5.01. The van der Waals surface area contributed by atoms with Gasteiger partial charge in [-0.15, -0.1) is 11.3 Å². The van der Waals surface area contributed by atoms with E-state index in [1.807, 2.05) is 48.7 Å². The lowest BCUT2D eigenvalue weighted by atomic mass is 10.1. The number of hydrogen-bond acceptors (Lipinski definition) is 3. The van der Waals surface area contributed by atoms with Gasteiger partial charge in [-0.1, -0.05) is 59.1 Å². The predicted octanol–water partition coefficient (Wildman–Crippen LogP) is 6.49. The van der Waals surface area contributed by atoms with Crippen LogP contribution < -0.4 is 0 Å². The van der Waals surface area contributed by atoms with E-state index in [1.54, 1.807) is 12.1 Å². The molecule has 1 aromatic heterocycles. The summed E-state index contributed by atoms with van der Waals surface area (Å²) in [7, 11) is 0. The van der Waals surface area contributed by atoms with E-state index in [9.17, 15) is 5.26 Å². The molecule has 0 N–H and O–H groups in total. The van der Waals surface area contributed by atoms with Crippen molar-refractivity contribution in [3.63, 3.8) is 0 Å². The molecule has 0 amide bonds. The van der Waals surface area contributed by atoms with E-state index in [2.05, 4.69) is 11.1 Å². The monoisotopic (exact) mass is 370 g/mol. The van der Waals surface area contributed by atoms with Gasteiger partial charge in [0.25, 0.3) is 0 Å². The second-order valence-electron chi connectivity index (χ2n) is 5.25. The second kappa shape index (κ2) is 7.19. The highest BCUT2D eigenvalue weighted by Crippen LogP contribution is 2.31. The van der Waals surface area contributed by atoms with Crippen LogP contribution in [0.2, 0.25) is 10.0 Å². The number of aryl methyl sites for hydroxylation is 1. The molecule has 5 heteroatoms. The zero-order chi connectivity index (χ0) is 17.1. The van der Waals surface area contributed by atoms with Crippen LogP contribution in [0.15, 0.2) is 47.8 Å². The number of rotatable bonds is 3. The molecule has 1 heterocycles. The number of allylic oxidation sites excluding steroid dienone is 1. The third kappa shape index (κ3) is 3.68. The van der Waals surface area contributed by atoms with Gasteiger partial charge < -0.3 is 0 Å². The fourth-order valence-electron chi connectivity index (χ4n) is 2.16. The molecule has 0 aliphatic carbocycles. The predicted molar refractivity (Wildman–Crippen MR) is 102 cm³/mol. The number of thiazole rings is 1. The van der Waals surface area contributed by atoms with Gasteiger partial charge in [-0.25, -0.2) is 4.98 Å². The normalized spacial score (nSPS) is 11.3. The van der Waals surface area contributed by atoms with Crippen molar-refractivity contribution >= 4 is 46.2 Å². The Morgan fingerprint density at radius 3 is 2.54 bits per heavy atom. The molecule has 3 aromatic rings. The Labute approximate surface area is 154 Å². The largest absolute Gasteiger partial charge is 0.235 e. The topological polar surface area (TPSA) is 36.7 Å². The van der Waals surface area contributed by atoms with E-state index in [4.69, 9.17) is 23.2 Å². The van der Waals surface area contributed by atoms with Crippen LogP contribution in [0.1, 0.15) is 16.1 Å². The average molecular weight is 371 g/mol. The first-order valence-corrected chi connectivity index (χ1v) is 8.80. The number of nitrogens with zero attached hydrogens (tertiary/aromatic N) is 2. The molecule has 0 saturated carbocycles. The lowest BCUT2D eigenvalue weighted by Gasteiger charge is -2.00. The van der Waals surface area contributed by atoms with E-state index in [0.29, 0.717) is 20.6 Å². The average Bonchev–Trinajstić information content (AvgIpc) is 3.06. The third-order valence-corrected chi connectivity index (χ3v) is 5.07. The lowest BCUT2D eigenvalue weighted by Crippen LogP contribution is -1.83. The van der Waals surface area contributed by atoms with Crippen LogP contribution >= 0.6 is 34.5 Å². The smallest absolute Gasteiger partial charge is 0.134 e. The summed E-state index contributed by atoms with van der Waals surface area (Å²) in [6.07, 6.45) is 1.84. The number of benzene rings is 2. The second-order valence-corrected chi connectivity index (χ2v) is 6.92. The Balaban J connectivity index is 1.94. The first-order valence-electron chi connectivity index (χ1n) is 7.16. The summed E-state index contributed by atoms with van der Waals surface area (Å²) >= 11 is 13.4. The fourth-order valence-corrected chi connectivity index (χ4v) is 3.25. The summed E-state index contributed by atoms with van der Waals surface area (Å²) in [6, 6.07) is 15.6. The van der Waals surface area contributed by atoms with Gasteiger partial charge in [-0.05, 0) is 30.7 Å². The van der Waals surface area contributed by atoms with E-state index in [0.717, 1.165) is 16.8 Å². The van der Waals surface area contributed by atoms with Crippen molar-refractivity contribution in [3.05, 3.63) is 74.0 Å². The van der Waals surface area contributed by atoms with Crippen molar-refractivity contribution < 1.29 is 0 Å². The first-order chi connectivity index (χ1) is 11.6. The summed E-state index contributed by atoms with van der Waals surface area (Å²) < 4.78 is 0. The molecule has 2 nitrogen and oxygen atoms in total. The maximum atomic E-state index is 9.47. The highest BCUT2D eigenvalue weighted by Gasteiger charge is 2.10. The van der Waals surface area contributed by atoms with Crippen molar-refractivity contribution in [1.29, 1.82) is 5.26 Å². The van der Waals surface area contributed by atoms with Crippen LogP contribution in [-0.4, -0.2) is 4.98 Å². The Morgan fingerprint density at radius 1 is 1.12 bits per heavy atom. The maximum absolute atomic E-state index is 9.47. The van der Waals surface area contributed by atoms with Crippen LogP contribution in [-0.2, 0) is 0 Å². The fraction of sp³-hybridized carbons (Fsp3) is 0.0526. The number of nitriles is 1. The molecule has 24 heavy (non-hydrogen) atoms. The molecular formula is C19H12Cl2N2S. The van der Waals surface area contributed by atoms with E-state index in [1.165, 1.54) is 16.9 Å². The molecule has 0 spiro atoms. The van der Waals surface area contributed by atoms with Crippen LogP contribution in [0.5, 0.6) is 0 Å². The molecule has 0 unspecified atom stereocenters. The van der Waals surface area contributed by atoms with Crippen LogP contribution in [0.3, 0.4) is 0 Å². The summed E-state index contributed by atoms with van der Waals surface area (Å²) in [4.78, 5) is 4.56. The van der Waals surface area contributed by atoms with Crippen molar-refractivity contribution in [2.24, 2.45) is 0 Å². The molecule has 0 aliphatic heterocycles. The summed E-state index contributed by atoms with van der Waals surface area (Å²) in [5.41, 5.74) is 4.35. The molecular weight excluding hydrogens is 359 g/mol. The Hall–Kier alpha value is -2.12. The van der Waals surface area contributed by atoms with Crippen LogP contribution in [0.25, 0.3) is 22.9 Å². The Morgan fingerprint density at radius 2 is 1.88 bits per heavy atom. The SMILES string of the molecule is Cc1ccc(/C=C(\C#N)c2nc(-c3ccc(Cl)c(Cl)c3)cs2)cc1. The van der Waals surface area contributed by atoms with Gasteiger partial charge in [-0.3, -0.25) is 0 Å². The highest BCUT2D eigenvalue weighted by molar-refractivity contribution is 7.11. The minimum absolute atomic E-state index is 0.486. The van der Waals surface area contributed by atoms with Gasteiger partial charge in [0.05, 0.1) is 21.3 Å². The molecule has 3 rings (SSSR count). The van der Waals surface area contributed by atoms with Gasteiger partial charge >= 0.3 is 0 Å². The van der Waals surface area contributed by atoms with Gasteiger partial charge in [0.1, 0.15) is 11.1 Å². The van der Waals surface area contributed by atoms with Gasteiger partial charge in [-0.2, -0.15) is 5.26 Å². The van der Waals surface area contributed by atoms with Crippen LogP contribution in [0.4, 0.5) is 0 Å². The third-order valence-electron chi connectivity index (χ3n) is 3.46.